The third-order valence-corrected chi connectivity index (χ3v) is 6.22. The summed E-state index contributed by atoms with van der Waals surface area (Å²) >= 11 is 0. The van der Waals surface area contributed by atoms with Crippen LogP contribution in [0.3, 0.4) is 0 Å². The van der Waals surface area contributed by atoms with Crippen molar-refractivity contribution in [1.29, 1.82) is 0 Å². The Morgan fingerprint density at radius 1 is 0.950 bits per heavy atom. The third-order valence-electron chi connectivity index (χ3n) is 6.22. The van der Waals surface area contributed by atoms with Crippen molar-refractivity contribution in [2.24, 2.45) is 5.92 Å². The monoisotopic (exact) mass is 560 g/mol. The maximum atomic E-state index is 13.3. The Labute approximate surface area is 236 Å². The van der Waals surface area contributed by atoms with E-state index in [1.807, 2.05) is 44.2 Å². The van der Waals surface area contributed by atoms with Gasteiger partial charge in [-0.3, -0.25) is 14.4 Å². The third kappa shape index (κ3) is 10.5. The van der Waals surface area contributed by atoms with E-state index in [2.05, 4.69) is 16.0 Å². The zero-order valence-corrected chi connectivity index (χ0v) is 24.6. The van der Waals surface area contributed by atoms with Crippen LogP contribution in [0.2, 0.25) is 0 Å². The van der Waals surface area contributed by atoms with Crippen LogP contribution in [0.5, 0.6) is 0 Å². The van der Waals surface area contributed by atoms with Gasteiger partial charge in [-0.15, -0.1) is 0 Å². The first-order chi connectivity index (χ1) is 18.7. The Kier molecular flexibility index (Phi) is 11.9. The second kappa shape index (κ2) is 14.7. The highest BCUT2D eigenvalue weighted by Crippen LogP contribution is 2.19. The number of esters is 1. The average molecular weight is 561 g/mol. The van der Waals surface area contributed by atoms with E-state index in [1.54, 1.807) is 20.8 Å². The summed E-state index contributed by atoms with van der Waals surface area (Å²) in [5.41, 5.74) is 0.100. The van der Waals surface area contributed by atoms with Crippen molar-refractivity contribution in [3.05, 3.63) is 35.9 Å². The minimum absolute atomic E-state index is 0.0877. The quantitative estimate of drug-likeness (QED) is 0.353. The second-order valence-electron chi connectivity index (χ2n) is 11.6. The van der Waals surface area contributed by atoms with E-state index in [4.69, 9.17) is 9.47 Å². The highest BCUT2D eigenvalue weighted by atomic mass is 16.6. The number of carbonyl (C=O) groups excluding carboxylic acids is 5. The van der Waals surface area contributed by atoms with Crippen LogP contribution in [0.4, 0.5) is 4.79 Å². The number of carbonyl (C=O) groups is 5. The van der Waals surface area contributed by atoms with Crippen molar-refractivity contribution in [1.82, 2.24) is 20.9 Å². The minimum atomic E-state index is -0.941. The molecular formula is C29H44N4O7. The highest BCUT2D eigenvalue weighted by Gasteiger charge is 2.38. The van der Waals surface area contributed by atoms with Crippen molar-refractivity contribution < 1.29 is 33.4 Å². The number of amides is 4. The first-order valence-corrected chi connectivity index (χ1v) is 13.8. The summed E-state index contributed by atoms with van der Waals surface area (Å²) in [6, 6.07) is 5.68. The van der Waals surface area contributed by atoms with Crippen LogP contribution in [0.1, 0.15) is 73.3 Å². The van der Waals surface area contributed by atoms with Crippen LogP contribution < -0.4 is 16.0 Å². The molecule has 40 heavy (non-hydrogen) atoms. The summed E-state index contributed by atoms with van der Waals surface area (Å²) in [5.74, 6) is -1.90. The fourth-order valence-corrected chi connectivity index (χ4v) is 4.30. The predicted octanol–water partition coefficient (Wildman–Crippen LogP) is 2.67. The van der Waals surface area contributed by atoms with Gasteiger partial charge in [-0.2, -0.15) is 0 Å². The molecule has 1 fully saturated rings. The highest BCUT2D eigenvalue weighted by molar-refractivity contribution is 5.95. The Morgan fingerprint density at radius 2 is 1.60 bits per heavy atom. The Balaban J connectivity index is 1.95. The molecule has 0 bridgehead atoms. The van der Waals surface area contributed by atoms with Crippen molar-refractivity contribution in [2.75, 3.05) is 6.54 Å². The number of hydrogen-bond donors (Lipinski definition) is 3. The molecule has 0 radical (unpaired) electrons. The maximum absolute atomic E-state index is 13.3. The minimum Gasteiger partial charge on any atom is -0.459 e. The van der Waals surface area contributed by atoms with Gasteiger partial charge in [0.15, 0.2) is 0 Å². The molecule has 1 aromatic rings. The molecule has 1 aliphatic heterocycles. The van der Waals surface area contributed by atoms with Gasteiger partial charge in [-0.25, -0.2) is 9.59 Å². The van der Waals surface area contributed by atoms with Crippen LogP contribution >= 0.6 is 0 Å². The Morgan fingerprint density at radius 3 is 2.20 bits per heavy atom. The molecule has 0 saturated carbocycles. The molecule has 3 N–H and O–H groups in total. The molecule has 2 rings (SSSR count). The summed E-state index contributed by atoms with van der Waals surface area (Å²) in [7, 11) is 0. The lowest BCUT2D eigenvalue weighted by Gasteiger charge is -2.29. The van der Waals surface area contributed by atoms with E-state index in [1.165, 1.54) is 18.7 Å². The zero-order valence-electron chi connectivity index (χ0n) is 24.6. The molecule has 0 aliphatic carbocycles. The predicted molar refractivity (Wildman–Crippen MR) is 149 cm³/mol. The summed E-state index contributed by atoms with van der Waals surface area (Å²) < 4.78 is 10.6. The molecule has 0 spiro atoms. The van der Waals surface area contributed by atoms with E-state index in [9.17, 15) is 24.0 Å². The average Bonchev–Trinajstić information content (AvgIpc) is 3.35. The number of nitrogens with one attached hydrogen (secondary N) is 3. The van der Waals surface area contributed by atoms with Gasteiger partial charge in [-0.1, -0.05) is 44.2 Å². The van der Waals surface area contributed by atoms with Crippen LogP contribution in [0.15, 0.2) is 30.3 Å². The Hall–Kier alpha value is -3.63. The molecule has 1 saturated heterocycles. The van der Waals surface area contributed by atoms with E-state index in [0.717, 1.165) is 5.56 Å². The van der Waals surface area contributed by atoms with Gasteiger partial charge in [0, 0.05) is 6.54 Å². The molecule has 11 heteroatoms. The number of rotatable bonds is 11. The molecule has 4 atom stereocenters. The lowest BCUT2D eigenvalue weighted by molar-refractivity contribution is -0.149. The number of hydrogen-bond acceptors (Lipinski definition) is 7. The lowest BCUT2D eigenvalue weighted by Crippen LogP contribution is -2.56. The van der Waals surface area contributed by atoms with Crippen LogP contribution in [0.25, 0.3) is 0 Å². The van der Waals surface area contributed by atoms with Gasteiger partial charge in [0.2, 0.25) is 17.7 Å². The van der Waals surface area contributed by atoms with Crippen molar-refractivity contribution in [3.63, 3.8) is 0 Å². The number of ether oxygens (including phenoxy) is 2. The van der Waals surface area contributed by atoms with E-state index >= 15 is 0 Å². The van der Waals surface area contributed by atoms with Gasteiger partial charge >= 0.3 is 12.1 Å². The van der Waals surface area contributed by atoms with Gasteiger partial charge in [0.1, 0.15) is 36.4 Å². The van der Waals surface area contributed by atoms with Gasteiger partial charge in [0.05, 0.1) is 0 Å². The Bertz CT molecular complexity index is 1040. The molecule has 222 valence electrons. The molecule has 11 nitrogen and oxygen atoms in total. The molecule has 1 heterocycles. The zero-order chi connectivity index (χ0) is 30.0. The van der Waals surface area contributed by atoms with Gasteiger partial charge in [0.25, 0.3) is 0 Å². The molecule has 0 aromatic heterocycles. The number of alkyl carbamates (subject to hydrolysis) is 1. The maximum Gasteiger partial charge on any atom is 0.408 e. The van der Waals surface area contributed by atoms with Crippen LogP contribution in [-0.2, 0) is 35.3 Å². The molecule has 1 aliphatic rings. The molecular weight excluding hydrogens is 516 g/mol. The normalized spacial score (nSPS) is 17.4. The fourth-order valence-electron chi connectivity index (χ4n) is 4.30. The lowest BCUT2D eigenvalue weighted by atomic mass is 10.0. The van der Waals surface area contributed by atoms with Crippen molar-refractivity contribution in [2.45, 2.75) is 104 Å². The number of likely N-dealkylation sites (tertiary alicyclic amines) is 1. The first-order valence-electron chi connectivity index (χ1n) is 13.8. The topological polar surface area (TPSA) is 143 Å². The van der Waals surface area contributed by atoms with Gasteiger partial charge < -0.3 is 30.3 Å². The standard InChI is InChI=1S/C29H44N4O7/c1-18(2)16-22(32-28(38)40-29(5,6)7)24(34)30-19(3)26(36)33-15-11-14-23(33)25(35)31-20(4)27(37)39-17-21-12-9-8-10-13-21/h8-10,12-13,18-20,22-23H,11,14-17H2,1-7H3,(H,30,34)(H,31,35)(H,32,38)/t19-,20-,22+,23+/m1/s1. The molecule has 4 amide bonds. The molecule has 0 unspecified atom stereocenters. The van der Waals surface area contributed by atoms with Crippen LogP contribution in [0, 0.1) is 5.92 Å². The summed E-state index contributed by atoms with van der Waals surface area (Å²) in [5, 5.41) is 7.91. The van der Waals surface area contributed by atoms with Crippen molar-refractivity contribution in [3.8, 4) is 0 Å². The summed E-state index contributed by atoms with van der Waals surface area (Å²) in [4.78, 5) is 65.4. The largest absolute Gasteiger partial charge is 0.459 e. The second-order valence-corrected chi connectivity index (χ2v) is 11.6. The van der Waals surface area contributed by atoms with Gasteiger partial charge in [-0.05, 0) is 65.4 Å². The van der Waals surface area contributed by atoms with E-state index in [0.29, 0.717) is 25.8 Å². The van der Waals surface area contributed by atoms with E-state index < -0.39 is 59.6 Å². The fraction of sp³-hybridized carbons (Fsp3) is 0.621. The first kappa shape index (κ1) is 32.6. The number of nitrogens with zero attached hydrogens (tertiary/aromatic N) is 1. The number of benzene rings is 1. The smallest absolute Gasteiger partial charge is 0.408 e. The van der Waals surface area contributed by atoms with Crippen LogP contribution in [-0.4, -0.2) is 71.0 Å². The molecule has 1 aromatic carbocycles. The SMILES string of the molecule is CC(C)C[C@H](NC(=O)OC(C)(C)C)C(=O)N[C@H](C)C(=O)N1CCC[C@H]1C(=O)N[C@H](C)C(=O)OCc1ccccc1. The van der Waals surface area contributed by atoms with E-state index in [-0.39, 0.29) is 12.5 Å². The summed E-state index contributed by atoms with van der Waals surface area (Å²) in [6.45, 7) is 12.5. The summed E-state index contributed by atoms with van der Waals surface area (Å²) in [6.07, 6.45) is 0.659. The van der Waals surface area contributed by atoms with Crippen molar-refractivity contribution >= 4 is 29.8 Å².